The average Bonchev–Trinajstić information content (AvgIpc) is 2.84. The van der Waals surface area contributed by atoms with E-state index in [-0.39, 0.29) is 30.4 Å². The number of nitrogens with two attached hydrogens (primary N) is 1. The highest BCUT2D eigenvalue weighted by molar-refractivity contribution is 9.10. The Morgan fingerprint density at radius 1 is 1.24 bits per heavy atom. The fourth-order valence-electron chi connectivity index (χ4n) is 2.65. The maximum Gasteiger partial charge on any atom is 0.287 e. The molecular weight excluding hydrogens is 356 g/mol. The Bertz CT molecular complexity index is 636. The van der Waals surface area contributed by atoms with Crippen molar-refractivity contribution in [2.24, 2.45) is 5.73 Å². The normalized spacial score (nSPS) is 21.8. The van der Waals surface area contributed by atoms with Gasteiger partial charge in [-0.25, -0.2) is 0 Å². The largest absolute Gasteiger partial charge is 0.451 e. The molecule has 1 heterocycles. The predicted molar refractivity (Wildman–Crippen MR) is 88.9 cm³/mol. The Morgan fingerprint density at radius 3 is 2.67 bits per heavy atom. The second kappa shape index (κ2) is 6.81. The first-order valence-corrected chi connectivity index (χ1v) is 7.66. The van der Waals surface area contributed by atoms with Crippen LogP contribution < -0.4 is 11.1 Å². The molecule has 21 heavy (non-hydrogen) atoms. The van der Waals surface area contributed by atoms with Gasteiger partial charge < -0.3 is 15.5 Å². The van der Waals surface area contributed by atoms with Crippen LogP contribution >= 0.6 is 28.3 Å². The molecule has 0 radical (unpaired) electrons. The molecule has 1 saturated carbocycles. The first kappa shape index (κ1) is 16.3. The second-order valence-corrected chi connectivity index (χ2v) is 6.29. The van der Waals surface area contributed by atoms with Crippen molar-refractivity contribution in [2.75, 3.05) is 0 Å². The topological polar surface area (TPSA) is 68.3 Å². The van der Waals surface area contributed by atoms with E-state index in [0.717, 1.165) is 41.1 Å². The molecule has 0 aliphatic heterocycles. The van der Waals surface area contributed by atoms with Crippen LogP contribution in [0, 0.1) is 0 Å². The predicted octanol–water partition coefficient (Wildman–Crippen LogP) is 3.62. The summed E-state index contributed by atoms with van der Waals surface area (Å²) in [7, 11) is 0. The number of hydrogen-bond acceptors (Lipinski definition) is 3. The van der Waals surface area contributed by atoms with Crippen molar-refractivity contribution in [2.45, 2.75) is 37.8 Å². The Kier molecular flexibility index (Phi) is 5.30. The van der Waals surface area contributed by atoms with Gasteiger partial charge in [0.1, 0.15) is 5.58 Å². The highest BCUT2D eigenvalue weighted by Crippen LogP contribution is 2.24. The second-order valence-electron chi connectivity index (χ2n) is 5.38. The first-order valence-electron chi connectivity index (χ1n) is 6.87. The summed E-state index contributed by atoms with van der Waals surface area (Å²) in [6.07, 6.45) is 3.83. The molecule has 0 saturated heterocycles. The molecule has 0 atom stereocenters. The number of halogens is 2. The summed E-state index contributed by atoms with van der Waals surface area (Å²) in [4.78, 5) is 12.2. The van der Waals surface area contributed by atoms with Crippen LogP contribution in [0.5, 0.6) is 0 Å². The van der Waals surface area contributed by atoms with Crippen molar-refractivity contribution >= 4 is 45.2 Å². The lowest BCUT2D eigenvalue weighted by Gasteiger charge is -2.26. The summed E-state index contributed by atoms with van der Waals surface area (Å²) in [6, 6.07) is 7.97. The molecule has 2 aromatic rings. The minimum absolute atomic E-state index is 0. The van der Waals surface area contributed by atoms with Gasteiger partial charge in [0.05, 0.1) is 0 Å². The van der Waals surface area contributed by atoms with Gasteiger partial charge >= 0.3 is 0 Å². The smallest absolute Gasteiger partial charge is 0.287 e. The van der Waals surface area contributed by atoms with Crippen molar-refractivity contribution < 1.29 is 9.21 Å². The van der Waals surface area contributed by atoms with E-state index >= 15 is 0 Å². The van der Waals surface area contributed by atoms with Gasteiger partial charge in [-0.05, 0) is 49.9 Å². The molecule has 0 bridgehead atoms. The van der Waals surface area contributed by atoms with Crippen LogP contribution in [-0.4, -0.2) is 18.0 Å². The van der Waals surface area contributed by atoms with Crippen molar-refractivity contribution in [1.29, 1.82) is 0 Å². The van der Waals surface area contributed by atoms with Crippen LogP contribution in [0.3, 0.4) is 0 Å². The molecular formula is C15H18BrClN2O2. The van der Waals surface area contributed by atoms with Gasteiger partial charge in [0.25, 0.3) is 5.91 Å². The Morgan fingerprint density at radius 2 is 1.95 bits per heavy atom. The summed E-state index contributed by atoms with van der Waals surface area (Å²) in [6.45, 7) is 0. The number of nitrogens with one attached hydrogen (secondary N) is 1. The van der Waals surface area contributed by atoms with E-state index in [1.165, 1.54) is 0 Å². The van der Waals surface area contributed by atoms with E-state index in [0.29, 0.717) is 5.76 Å². The first-order chi connectivity index (χ1) is 9.61. The molecule has 1 aliphatic carbocycles. The maximum absolute atomic E-state index is 12.2. The number of fused-ring (bicyclic) bond motifs is 1. The molecule has 3 N–H and O–H groups in total. The Hall–Kier alpha value is -1.04. The van der Waals surface area contributed by atoms with Gasteiger partial charge in [-0.1, -0.05) is 15.9 Å². The summed E-state index contributed by atoms with van der Waals surface area (Å²) < 4.78 is 6.56. The third kappa shape index (κ3) is 3.78. The van der Waals surface area contributed by atoms with Gasteiger partial charge in [-0.3, -0.25) is 4.79 Å². The number of carbonyl (C=O) groups is 1. The molecule has 0 spiro atoms. The molecule has 1 aliphatic rings. The summed E-state index contributed by atoms with van der Waals surface area (Å²) >= 11 is 3.41. The third-order valence-corrected chi connectivity index (χ3v) is 4.30. The lowest BCUT2D eigenvalue weighted by molar-refractivity contribution is 0.0900. The molecule has 1 aromatic carbocycles. The van der Waals surface area contributed by atoms with Crippen molar-refractivity contribution in [3.05, 3.63) is 34.5 Å². The van der Waals surface area contributed by atoms with Gasteiger partial charge in [-0.2, -0.15) is 0 Å². The van der Waals surface area contributed by atoms with Gasteiger partial charge in [-0.15, -0.1) is 12.4 Å². The standard InChI is InChI=1S/C15H17BrN2O2.ClH/c16-10-1-6-13-9(7-10)8-14(20-13)15(19)18-12-4-2-11(17)3-5-12;/h1,6-8,11-12H,2-5,17H2,(H,18,19);1H. The number of rotatable bonds is 2. The zero-order chi connectivity index (χ0) is 14.1. The monoisotopic (exact) mass is 372 g/mol. The molecule has 1 fully saturated rings. The van der Waals surface area contributed by atoms with Gasteiger partial charge in [0, 0.05) is 21.9 Å². The van der Waals surface area contributed by atoms with Gasteiger partial charge in [0.15, 0.2) is 5.76 Å². The quantitative estimate of drug-likeness (QED) is 0.845. The SMILES string of the molecule is Cl.NC1CCC(NC(=O)c2cc3cc(Br)ccc3o2)CC1. The minimum atomic E-state index is -0.141. The average molecular weight is 374 g/mol. The number of hydrogen-bond donors (Lipinski definition) is 2. The zero-order valence-corrected chi connectivity index (χ0v) is 13.9. The van der Waals surface area contributed by atoms with E-state index in [9.17, 15) is 4.79 Å². The third-order valence-electron chi connectivity index (χ3n) is 3.81. The molecule has 6 heteroatoms. The van der Waals surface area contributed by atoms with Crippen LogP contribution in [0.2, 0.25) is 0 Å². The summed E-state index contributed by atoms with van der Waals surface area (Å²) in [5.41, 5.74) is 6.59. The van der Waals surface area contributed by atoms with Crippen LogP contribution in [0.25, 0.3) is 11.0 Å². The number of carbonyl (C=O) groups excluding carboxylic acids is 1. The number of amides is 1. The molecule has 0 unspecified atom stereocenters. The van der Waals surface area contributed by atoms with Gasteiger partial charge in [0.2, 0.25) is 0 Å². The molecule has 3 rings (SSSR count). The molecule has 1 aromatic heterocycles. The Labute approximate surface area is 138 Å². The van der Waals surface area contributed by atoms with E-state index in [2.05, 4.69) is 21.2 Å². The van der Waals surface area contributed by atoms with Crippen LogP contribution in [-0.2, 0) is 0 Å². The molecule has 1 amide bonds. The molecule has 114 valence electrons. The van der Waals surface area contributed by atoms with E-state index < -0.39 is 0 Å². The Balaban J connectivity index is 0.00000161. The van der Waals surface area contributed by atoms with Crippen LogP contribution in [0.15, 0.2) is 33.2 Å². The van der Waals surface area contributed by atoms with E-state index in [1.54, 1.807) is 6.07 Å². The zero-order valence-electron chi connectivity index (χ0n) is 11.5. The number of furan rings is 1. The fourth-order valence-corrected chi connectivity index (χ4v) is 3.02. The van der Waals surface area contributed by atoms with E-state index in [1.807, 2.05) is 18.2 Å². The van der Waals surface area contributed by atoms with Crippen LogP contribution in [0.1, 0.15) is 36.2 Å². The summed E-state index contributed by atoms with van der Waals surface area (Å²) in [5, 5.41) is 3.96. The highest BCUT2D eigenvalue weighted by atomic mass is 79.9. The van der Waals surface area contributed by atoms with Crippen LogP contribution in [0.4, 0.5) is 0 Å². The fraction of sp³-hybridized carbons (Fsp3) is 0.400. The lowest BCUT2D eigenvalue weighted by Crippen LogP contribution is -2.40. The van der Waals surface area contributed by atoms with E-state index in [4.69, 9.17) is 10.2 Å². The van der Waals surface area contributed by atoms with Crippen molar-refractivity contribution in [1.82, 2.24) is 5.32 Å². The maximum atomic E-state index is 12.2. The molecule has 4 nitrogen and oxygen atoms in total. The van der Waals surface area contributed by atoms with Crippen molar-refractivity contribution in [3.63, 3.8) is 0 Å². The van der Waals surface area contributed by atoms with Crippen molar-refractivity contribution in [3.8, 4) is 0 Å². The number of benzene rings is 1. The lowest BCUT2D eigenvalue weighted by atomic mass is 9.92. The minimum Gasteiger partial charge on any atom is -0.451 e. The summed E-state index contributed by atoms with van der Waals surface area (Å²) in [5.74, 6) is 0.228. The highest BCUT2D eigenvalue weighted by Gasteiger charge is 2.22.